The van der Waals surface area contributed by atoms with E-state index in [0.29, 0.717) is 23.5 Å². The number of hydrogen-bond donors (Lipinski definition) is 3. The Balaban J connectivity index is 1.99. The van der Waals surface area contributed by atoms with Gasteiger partial charge < -0.3 is 20.5 Å². The van der Waals surface area contributed by atoms with Crippen LogP contribution in [-0.4, -0.2) is 23.7 Å². The van der Waals surface area contributed by atoms with Crippen molar-refractivity contribution in [2.45, 2.75) is 13.5 Å². The van der Waals surface area contributed by atoms with Crippen LogP contribution < -0.4 is 10.6 Å². The Morgan fingerprint density at radius 1 is 1.04 bits per heavy atom. The molecule has 0 aromatic heterocycles. The van der Waals surface area contributed by atoms with Gasteiger partial charge in [-0.25, -0.2) is 9.59 Å². The van der Waals surface area contributed by atoms with Crippen LogP contribution in [0.5, 0.6) is 0 Å². The highest BCUT2D eigenvalue weighted by Crippen LogP contribution is 2.14. The zero-order valence-electron chi connectivity index (χ0n) is 12.7. The number of rotatable bonds is 5. The molecule has 0 heterocycles. The summed E-state index contributed by atoms with van der Waals surface area (Å²) in [4.78, 5) is 23.6. The lowest BCUT2D eigenvalue weighted by Crippen LogP contribution is -2.19. The SMILES string of the molecule is CCOC(=O)c1cccc(NC(=O)Nc2ccc(CO)cc2)c1. The Hall–Kier alpha value is -2.86. The van der Waals surface area contributed by atoms with Gasteiger partial charge in [0.25, 0.3) is 0 Å². The van der Waals surface area contributed by atoms with E-state index in [0.717, 1.165) is 5.56 Å². The molecule has 0 aliphatic heterocycles. The van der Waals surface area contributed by atoms with Gasteiger partial charge in [-0.3, -0.25) is 0 Å². The summed E-state index contributed by atoms with van der Waals surface area (Å²) in [7, 11) is 0. The monoisotopic (exact) mass is 314 g/mol. The number of anilines is 2. The van der Waals surface area contributed by atoms with E-state index in [4.69, 9.17) is 9.84 Å². The first-order valence-electron chi connectivity index (χ1n) is 7.17. The number of carbonyl (C=O) groups excluding carboxylic acids is 2. The molecule has 0 radical (unpaired) electrons. The second kappa shape index (κ2) is 7.95. The number of benzene rings is 2. The number of urea groups is 1. The number of ether oxygens (including phenoxy) is 1. The van der Waals surface area contributed by atoms with E-state index in [2.05, 4.69) is 10.6 Å². The van der Waals surface area contributed by atoms with Crippen LogP contribution in [-0.2, 0) is 11.3 Å². The lowest BCUT2D eigenvalue weighted by Gasteiger charge is -2.09. The molecular formula is C17H18N2O4. The van der Waals surface area contributed by atoms with Crippen LogP contribution in [0.1, 0.15) is 22.8 Å². The van der Waals surface area contributed by atoms with Crippen molar-refractivity contribution in [1.29, 1.82) is 0 Å². The van der Waals surface area contributed by atoms with Crippen molar-refractivity contribution in [3.63, 3.8) is 0 Å². The first-order valence-corrected chi connectivity index (χ1v) is 7.17. The van der Waals surface area contributed by atoms with Crippen molar-refractivity contribution in [3.8, 4) is 0 Å². The molecule has 0 spiro atoms. The summed E-state index contributed by atoms with van der Waals surface area (Å²) in [6.45, 7) is 1.98. The van der Waals surface area contributed by atoms with E-state index in [-0.39, 0.29) is 6.61 Å². The normalized spacial score (nSPS) is 10.0. The van der Waals surface area contributed by atoms with Crippen molar-refractivity contribution < 1.29 is 19.4 Å². The van der Waals surface area contributed by atoms with Crippen LogP contribution >= 0.6 is 0 Å². The molecule has 2 rings (SSSR count). The van der Waals surface area contributed by atoms with Gasteiger partial charge in [0, 0.05) is 11.4 Å². The van der Waals surface area contributed by atoms with Gasteiger partial charge >= 0.3 is 12.0 Å². The minimum absolute atomic E-state index is 0.0485. The van der Waals surface area contributed by atoms with Crippen LogP contribution in [0.3, 0.4) is 0 Å². The minimum Gasteiger partial charge on any atom is -0.462 e. The van der Waals surface area contributed by atoms with E-state index >= 15 is 0 Å². The quantitative estimate of drug-likeness (QED) is 0.740. The number of carbonyl (C=O) groups is 2. The summed E-state index contributed by atoms with van der Waals surface area (Å²) in [5.41, 5.74) is 2.22. The van der Waals surface area contributed by atoms with Gasteiger partial charge in [-0.15, -0.1) is 0 Å². The molecular weight excluding hydrogens is 296 g/mol. The summed E-state index contributed by atoms with van der Waals surface area (Å²) in [6.07, 6.45) is 0. The Morgan fingerprint density at radius 2 is 1.74 bits per heavy atom. The number of amides is 2. The summed E-state index contributed by atoms with van der Waals surface area (Å²) in [5.74, 6) is -0.434. The molecule has 0 bridgehead atoms. The van der Waals surface area contributed by atoms with Gasteiger partial charge in [-0.1, -0.05) is 18.2 Å². The average Bonchev–Trinajstić information content (AvgIpc) is 2.56. The molecule has 0 saturated carbocycles. The fourth-order valence-electron chi connectivity index (χ4n) is 1.93. The Bertz CT molecular complexity index is 683. The van der Waals surface area contributed by atoms with E-state index in [1.807, 2.05) is 0 Å². The minimum atomic E-state index is -0.434. The zero-order valence-corrected chi connectivity index (χ0v) is 12.7. The molecule has 0 atom stereocenters. The number of hydrogen-bond acceptors (Lipinski definition) is 4. The first kappa shape index (κ1) is 16.5. The fourth-order valence-corrected chi connectivity index (χ4v) is 1.93. The average molecular weight is 314 g/mol. The summed E-state index contributed by atoms with van der Waals surface area (Å²) < 4.78 is 4.92. The van der Waals surface area contributed by atoms with Crippen molar-refractivity contribution in [1.82, 2.24) is 0 Å². The van der Waals surface area contributed by atoms with Crippen LogP contribution in [0.4, 0.5) is 16.2 Å². The zero-order chi connectivity index (χ0) is 16.7. The smallest absolute Gasteiger partial charge is 0.338 e. The van der Waals surface area contributed by atoms with Gasteiger partial charge in [0.2, 0.25) is 0 Å². The van der Waals surface area contributed by atoms with Crippen molar-refractivity contribution >= 4 is 23.4 Å². The van der Waals surface area contributed by atoms with Crippen LogP contribution in [0.2, 0.25) is 0 Å². The third kappa shape index (κ3) is 4.82. The second-order valence-corrected chi connectivity index (χ2v) is 4.74. The van der Waals surface area contributed by atoms with Crippen molar-refractivity contribution in [3.05, 3.63) is 59.7 Å². The molecule has 3 N–H and O–H groups in total. The summed E-state index contributed by atoms with van der Waals surface area (Å²) >= 11 is 0. The largest absolute Gasteiger partial charge is 0.462 e. The predicted octanol–water partition coefficient (Wildman–Crippen LogP) is 3.00. The summed E-state index contributed by atoms with van der Waals surface area (Å²) in [6, 6.07) is 12.9. The molecule has 0 saturated heterocycles. The Morgan fingerprint density at radius 3 is 2.39 bits per heavy atom. The molecule has 0 unspecified atom stereocenters. The molecule has 6 nitrogen and oxygen atoms in total. The van der Waals surface area contributed by atoms with E-state index in [1.54, 1.807) is 55.5 Å². The molecule has 0 aliphatic rings. The third-order valence-electron chi connectivity index (χ3n) is 3.03. The standard InChI is InChI=1S/C17H18N2O4/c1-2-23-16(21)13-4-3-5-15(10-13)19-17(22)18-14-8-6-12(11-20)7-9-14/h3-10,20H,2,11H2,1H3,(H2,18,19,22). The van der Waals surface area contributed by atoms with Crippen LogP contribution in [0.15, 0.2) is 48.5 Å². The van der Waals surface area contributed by atoms with Crippen molar-refractivity contribution in [2.75, 3.05) is 17.2 Å². The topological polar surface area (TPSA) is 87.7 Å². The molecule has 2 amide bonds. The maximum absolute atomic E-state index is 12.0. The highest BCUT2D eigenvalue weighted by molar-refractivity contribution is 6.00. The molecule has 0 aliphatic carbocycles. The molecule has 120 valence electrons. The summed E-state index contributed by atoms with van der Waals surface area (Å²) in [5, 5.41) is 14.3. The van der Waals surface area contributed by atoms with E-state index in [9.17, 15) is 9.59 Å². The number of esters is 1. The lowest BCUT2D eigenvalue weighted by molar-refractivity contribution is 0.0526. The molecule has 23 heavy (non-hydrogen) atoms. The number of aliphatic hydroxyl groups excluding tert-OH is 1. The molecule has 2 aromatic carbocycles. The second-order valence-electron chi connectivity index (χ2n) is 4.74. The maximum Gasteiger partial charge on any atom is 0.338 e. The highest BCUT2D eigenvalue weighted by atomic mass is 16.5. The van der Waals surface area contributed by atoms with E-state index in [1.165, 1.54) is 0 Å². The highest BCUT2D eigenvalue weighted by Gasteiger charge is 2.08. The van der Waals surface area contributed by atoms with Gasteiger partial charge in [-0.05, 0) is 42.8 Å². The van der Waals surface area contributed by atoms with Gasteiger partial charge in [-0.2, -0.15) is 0 Å². The Labute approximate surface area is 134 Å². The maximum atomic E-state index is 12.0. The van der Waals surface area contributed by atoms with Crippen LogP contribution in [0.25, 0.3) is 0 Å². The fraction of sp³-hybridized carbons (Fsp3) is 0.176. The number of nitrogens with one attached hydrogen (secondary N) is 2. The third-order valence-corrected chi connectivity index (χ3v) is 3.03. The first-order chi connectivity index (χ1) is 11.1. The molecule has 6 heteroatoms. The van der Waals surface area contributed by atoms with Crippen molar-refractivity contribution in [2.24, 2.45) is 0 Å². The Kier molecular flexibility index (Phi) is 5.71. The molecule has 2 aromatic rings. The predicted molar refractivity (Wildman–Crippen MR) is 87.4 cm³/mol. The van der Waals surface area contributed by atoms with Gasteiger partial charge in [0.05, 0.1) is 18.8 Å². The van der Waals surface area contributed by atoms with E-state index < -0.39 is 12.0 Å². The van der Waals surface area contributed by atoms with Gasteiger partial charge in [0.1, 0.15) is 0 Å². The molecule has 0 fully saturated rings. The van der Waals surface area contributed by atoms with Gasteiger partial charge in [0.15, 0.2) is 0 Å². The lowest BCUT2D eigenvalue weighted by atomic mass is 10.2. The van der Waals surface area contributed by atoms with Crippen LogP contribution in [0, 0.1) is 0 Å². The number of aliphatic hydroxyl groups is 1.